The maximum absolute atomic E-state index is 6.31. The van der Waals surface area contributed by atoms with Crippen LogP contribution in [-0.4, -0.2) is 30.8 Å². The van der Waals surface area contributed by atoms with Gasteiger partial charge in [-0.2, -0.15) is 0 Å². The van der Waals surface area contributed by atoms with E-state index in [1.807, 2.05) is 0 Å². The van der Waals surface area contributed by atoms with Gasteiger partial charge in [0.2, 0.25) is 0 Å². The normalized spacial score (nSPS) is 56.6. The van der Waals surface area contributed by atoms with Crippen molar-refractivity contribution < 1.29 is 4.74 Å². The lowest BCUT2D eigenvalue weighted by Crippen LogP contribution is -2.72. The van der Waals surface area contributed by atoms with E-state index < -0.39 is 0 Å². The first kappa shape index (κ1) is 10.8. The van der Waals surface area contributed by atoms with E-state index in [2.05, 4.69) is 5.32 Å². The van der Waals surface area contributed by atoms with Gasteiger partial charge in [-0.15, -0.1) is 0 Å². The summed E-state index contributed by atoms with van der Waals surface area (Å²) in [7, 11) is 0. The molecule has 3 N–H and O–H groups in total. The molecule has 0 spiro atoms. The highest BCUT2D eigenvalue weighted by molar-refractivity contribution is 5.09. The second kappa shape index (κ2) is 3.94. The Morgan fingerprint density at radius 1 is 1.12 bits per heavy atom. The highest BCUT2D eigenvalue weighted by atomic mass is 16.5. The molecule has 3 nitrogen and oxygen atoms in total. The first-order valence-electron chi connectivity index (χ1n) is 7.46. The molecule has 4 rings (SSSR count). The van der Waals surface area contributed by atoms with E-state index in [-0.39, 0.29) is 0 Å². The van der Waals surface area contributed by atoms with Gasteiger partial charge in [0.05, 0.1) is 6.10 Å². The van der Waals surface area contributed by atoms with Crippen LogP contribution in [0.15, 0.2) is 0 Å². The van der Waals surface area contributed by atoms with Crippen molar-refractivity contribution in [1.29, 1.82) is 0 Å². The van der Waals surface area contributed by atoms with Gasteiger partial charge in [-0.05, 0) is 43.9 Å². The lowest BCUT2D eigenvalue weighted by Gasteiger charge is -2.53. The summed E-state index contributed by atoms with van der Waals surface area (Å²) in [5.74, 6) is 2.59. The molecule has 7 unspecified atom stereocenters. The summed E-state index contributed by atoms with van der Waals surface area (Å²) < 4.78 is 5.91. The van der Waals surface area contributed by atoms with Crippen LogP contribution in [0.25, 0.3) is 0 Å². The average Bonchev–Trinajstić information content (AvgIpc) is 2.97. The molecule has 0 radical (unpaired) electrons. The summed E-state index contributed by atoms with van der Waals surface area (Å²) in [4.78, 5) is 0. The molecule has 3 saturated carbocycles. The van der Waals surface area contributed by atoms with Crippen LogP contribution in [0.1, 0.15) is 38.5 Å². The Labute approximate surface area is 103 Å². The largest absolute Gasteiger partial charge is 0.376 e. The lowest BCUT2D eigenvalue weighted by molar-refractivity contribution is -0.123. The Morgan fingerprint density at radius 3 is 2.82 bits per heavy atom. The number of hydrogen-bond donors (Lipinski definition) is 2. The summed E-state index contributed by atoms with van der Waals surface area (Å²) in [5.41, 5.74) is 6.31. The number of nitrogens with two attached hydrogens (primary N) is 1. The van der Waals surface area contributed by atoms with E-state index in [4.69, 9.17) is 10.5 Å². The minimum Gasteiger partial charge on any atom is -0.376 e. The van der Waals surface area contributed by atoms with Crippen LogP contribution in [0.3, 0.4) is 0 Å². The molecule has 96 valence electrons. The predicted octanol–water partition coefficient (Wildman–Crippen LogP) is 1.27. The third kappa shape index (κ3) is 1.59. The van der Waals surface area contributed by atoms with Gasteiger partial charge in [-0.25, -0.2) is 0 Å². The molecule has 1 heterocycles. The summed E-state index contributed by atoms with van der Waals surface area (Å²) in [6.07, 6.45) is 8.69. The topological polar surface area (TPSA) is 47.3 Å². The third-order valence-electron chi connectivity index (χ3n) is 5.82. The molecule has 1 aliphatic heterocycles. The molecule has 2 bridgehead atoms. The average molecular weight is 236 g/mol. The molecule has 3 heteroatoms. The summed E-state index contributed by atoms with van der Waals surface area (Å²) in [6, 6.07) is 1.54. The Balaban J connectivity index is 1.39. The number of ether oxygens (including phenoxy) is 1. The number of rotatable bonds is 2. The summed E-state index contributed by atoms with van der Waals surface area (Å²) >= 11 is 0. The zero-order chi connectivity index (χ0) is 11.4. The molecule has 0 aromatic rings. The zero-order valence-corrected chi connectivity index (χ0v) is 10.5. The van der Waals surface area contributed by atoms with Crippen molar-refractivity contribution in [2.45, 2.75) is 62.8 Å². The molecule has 4 fully saturated rings. The van der Waals surface area contributed by atoms with Crippen LogP contribution < -0.4 is 11.1 Å². The van der Waals surface area contributed by atoms with Crippen LogP contribution >= 0.6 is 0 Å². The van der Waals surface area contributed by atoms with E-state index in [1.165, 1.54) is 38.5 Å². The zero-order valence-electron chi connectivity index (χ0n) is 10.5. The van der Waals surface area contributed by atoms with Crippen LogP contribution in [0.4, 0.5) is 0 Å². The van der Waals surface area contributed by atoms with Crippen LogP contribution in [-0.2, 0) is 4.74 Å². The van der Waals surface area contributed by atoms with Crippen LogP contribution in [0.2, 0.25) is 0 Å². The Morgan fingerprint density at radius 2 is 2.06 bits per heavy atom. The van der Waals surface area contributed by atoms with Crippen molar-refractivity contribution in [1.82, 2.24) is 5.32 Å². The fourth-order valence-corrected chi connectivity index (χ4v) is 4.85. The number of fused-ring (bicyclic) bond motifs is 3. The molecule has 0 amide bonds. The lowest BCUT2D eigenvalue weighted by atomic mass is 9.68. The molecule has 3 aliphatic carbocycles. The Kier molecular flexibility index (Phi) is 2.50. The summed E-state index contributed by atoms with van der Waals surface area (Å²) in [6.45, 7) is 0.947. The maximum Gasteiger partial charge on any atom is 0.0786 e. The molecule has 17 heavy (non-hydrogen) atoms. The second-order valence-corrected chi connectivity index (χ2v) is 6.69. The number of hydrogen-bond acceptors (Lipinski definition) is 3. The van der Waals surface area contributed by atoms with Crippen LogP contribution in [0, 0.1) is 17.8 Å². The predicted molar refractivity (Wildman–Crippen MR) is 66.6 cm³/mol. The molecular formula is C14H24N2O. The van der Waals surface area contributed by atoms with Crippen molar-refractivity contribution in [3.05, 3.63) is 0 Å². The van der Waals surface area contributed by atoms with Crippen molar-refractivity contribution in [2.75, 3.05) is 6.61 Å². The van der Waals surface area contributed by atoms with Gasteiger partial charge in [0, 0.05) is 30.7 Å². The second-order valence-electron chi connectivity index (χ2n) is 6.69. The van der Waals surface area contributed by atoms with E-state index in [9.17, 15) is 0 Å². The van der Waals surface area contributed by atoms with Gasteiger partial charge in [0.15, 0.2) is 0 Å². The van der Waals surface area contributed by atoms with Gasteiger partial charge in [-0.3, -0.25) is 0 Å². The van der Waals surface area contributed by atoms with E-state index in [0.717, 1.165) is 24.5 Å². The maximum atomic E-state index is 6.31. The first-order valence-corrected chi connectivity index (χ1v) is 7.46. The highest BCUT2D eigenvalue weighted by Crippen LogP contribution is 2.46. The standard InChI is InChI=1S/C14H24N2O/c15-12-10-2-1-5-17-14(10)13(12)16-11-7-8-3-4-9(11)6-8/h8-14,16H,1-7,15H2. The number of nitrogens with one attached hydrogen (secondary N) is 1. The fraction of sp³-hybridized carbons (Fsp3) is 1.00. The van der Waals surface area contributed by atoms with E-state index >= 15 is 0 Å². The molecule has 0 aromatic carbocycles. The molecule has 4 aliphatic rings. The van der Waals surface area contributed by atoms with Gasteiger partial charge < -0.3 is 15.8 Å². The minimum atomic E-state index is 0.347. The summed E-state index contributed by atoms with van der Waals surface area (Å²) in [5, 5.41) is 3.85. The molecule has 1 saturated heterocycles. The first-order chi connectivity index (χ1) is 8.33. The highest BCUT2D eigenvalue weighted by Gasteiger charge is 2.52. The van der Waals surface area contributed by atoms with Gasteiger partial charge >= 0.3 is 0 Å². The monoisotopic (exact) mass is 236 g/mol. The van der Waals surface area contributed by atoms with Crippen LogP contribution in [0.5, 0.6) is 0 Å². The van der Waals surface area contributed by atoms with Crippen molar-refractivity contribution >= 4 is 0 Å². The van der Waals surface area contributed by atoms with Crippen molar-refractivity contribution in [3.63, 3.8) is 0 Å². The van der Waals surface area contributed by atoms with E-state index in [0.29, 0.717) is 24.1 Å². The molecule has 7 atom stereocenters. The fourth-order valence-electron chi connectivity index (χ4n) is 4.85. The van der Waals surface area contributed by atoms with Crippen molar-refractivity contribution in [2.24, 2.45) is 23.5 Å². The third-order valence-corrected chi connectivity index (χ3v) is 5.82. The molecular weight excluding hydrogens is 212 g/mol. The molecule has 0 aromatic heterocycles. The Hall–Kier alpha value is -0.120. The van der Waals surface area contributed by atoms with Gasteiger partial charge in [0.1, 0.15) is 0 Å². The smallest absolute Gasteiger partial charge is 0.0786 e. The SMILES string of the molecule is NC1C2CCCOC2C1NC1CC2CCC1C2. The van der Waals surface area contributed by atoms with Crippen molar-refractivity contribution in [3.8, 4) is 0 Å². The van der Waals surface area contributed by atoms with E-state index in [1.54, 1.807) is 0 Å². The quantitative estimate of drug-likeness (QED) is 0.759. The van der Waals surface area contributed by atoms with Gasteiger partial charge in [-0.1, -0.05) is 6.42 Å². The Bertz CT molecular complexity index is 309. The van der Waals surface area contributed by atoms with Gasteiger partial charge in [0.25, 0.3) is 0 Å². The minimum absolute atomic E-state index is 0.347.